The van der Waals surface area contributed by atoms with E-state index in [1.165, 1.54) is 6.33 Å². The highest BCUT2D eigenvalue weighted by Gasteiger charge is 2.41. The molecule has 4 N–H and O–H groups in total. The van der Waals surface area contributed by atoms with Gasteiger partial charge in [-0.25, -0.2) is 9.97 Å². The van der Waals surface area contributed by atoms with Crippen LogP contribution in [0, 0.1) is 11.3 Å². The van der Waals surface area contributed by atoms with E-state index >= 15 is 0 Å². The summed E-state index contributed by atoms with van der Waals surface area (Å²) in [5.74, 6) is 1.20. The Balaban J connectivity index is 1.75. The van der Waals surface area contributed by atoms with Gasteiger partial charge in [0.25, 0.3) is 0 Å². The first-order valence-electron chi connectivity index (χ1n) is 10.7. The normalized spacial score (nSPS) is 22.8. The van der Waals surface area contributed by atoms with E-state index in [1.54, 1.807) is 0 Å². The Labute approximate surface area is 182 Å². The molecule has 0 aliphatic heterocycles. The lowest BCUT2D eigenvalue weighted by atomic mass is 9.70. The molecule has 2 aliphatic carbocycles. The molecule has 0 bridgehead atoms. The minimum atomic E-state index is -0.587. The summed E-state index contributed by atoms with van der Waals surface area (Å²) >= 11 is 0. The van der Waals surface area contributed by atoms with Crippen molar-refractivity contribution in [2.45, 2.75) is 63.5 Å². The van der Waals surface area contributed by atoms with Crippen molar-refractivity contribution in [3.63, 3.8) is 0 Å². The number of fused-ring (bicyclic) bond motifs is 3. The van der Waals surface area contributed by atoms with Crippen LogP contribution in [-0.2, 0) is 10.3 Å². The number of oxime groups is 1. The van der Waals surface area contributed by atoms with Gasteiger partial charge in [-0.2, -0.15) is 5.26 Å². The van der Waals surface area contributed by atoms with Gasteiger partial charge >= 0.3 is 0 Å². The van der Waals surface area contributed by atoms with Crippen molar-refractivity contribution in [1.82, 2.24) is 9.97 Å². The first kappa shape index (κ1) is 21.1. The number of nitrogens with zero attached hydrogens (tertiary/aromatic N) is 4. The molecule has 31 heavy (non-hydrogen) atoms. The van der Waals surface area contributed by atoms with Crippen LogP contribution in [0.1, 0.15) is 57.1 Å². The van der Waals surface area contributed by atoms with Gasteiger partial charge < -0.3 is 21.0 Å². The molecule has 0 atom stereocenters. The molecule has 0 spiro atoms. The van der Waals surface area contributed by atoms with E-state index in [1.807, 2.05) is 32.0 Å². The van der Waals surface area contributed by atoms with Crippen LogP contribution >= 0.6 is 0 Å². The fourth-order valence-electron chi connectivity index (χ4n) is 4.44. The summed E-state index contributed by atoms with van der Waals surface area (Å²) in [4.78, 5) is 14.2. The lowest BCUT2D eigenvalue weighted by Gasteiger charge is -2.35. The molecule has 1 aromatic carbocycles. The van der Waals surface area contributed by atoms with Crippen molar-refractivity contribution in [3.05, 3.63) is 35.7 Å². The Hall–Kier alpha value is -3.18. The van der Waals surface area contributed by atoms with E-state index in [0.29, 0.717) is 11.5 Å². The number of hydrogen-bond acceptors (Lipinski definition) is 8. The molecule has 8 nitrogen and oxygen atoms in total. The van der Waals surface area contributed by atoms with Crippen LogP contribution in [-0.4, -0.2) is 34.4 Å². The molecule has 0 unspecified atom stereocenters. The van der Waals surface area contributed by atoms with Gasteiger partial charge in [-0.1, -0.05) is 5.16 Å². The van der Waals surface area contributed by atoms with E-state index in [4.69, 9.17) is 26.3 Å². The van der Waals surface area contributed by atoms with Gasteiger partial charge in [0, 0.05) is 28.1 Å². The summed E-state index contributed by atoms with van der Waals surface area (Å²) in [6, 6.07) is 8.29. The number of nitrogens with two attached hydrogens (primary N) is 2. The Bertz CT molecular complexity index is 1030. The number of nitrogen functional groups attached to an aromatic ring is 1. The Morgan fingerprint density at radius 3 is 2.71 bits per heavy atom. The molecule has 4 rings (SSSR count). The highest BCUT2D eigenvalue weighted by molar-refractivity contribution is 6.15. The van der Waals surface area contributed by atoms with Gasteiger partial charge in [0.2, 0.25) is 0 Å². The van der Waals surface area contributed by atoms with Crippen molar-refractivity contribution in [2.24, 2.45) is 10.9 Å². The summed E-state index contributed by atoms with van der Waals surface area (Å²) in [5.41, 5.74) is 15.8. The number of rotatable bonds is 5. The van der Waals surface area contributed by atoms with E-state index < -0.39 is 5.41 Å². The predicted octanol–water partition coefficient (Wildman–Crippen LogP) is 3.30. The van der Waals surface area contributed by atoms with Gasteiger partial charge in [-0.3, -0.25) is 0 Å². The zero-order valence-corrected chi connectivity index (χ0v) is 18.0. The third-order valence-corrected chi connectivity index (χ3v) is 6.08. The van der Waals surface area contributed by atoms with Crippen molar-refractivity contribution >= 4 is 11.5 Å². The average molecular weight is 421 g/mol. The summed E-state index contributed by atoms with van der Waals surface area (Å²) in [6.45, 7) is 4.27. The van der Waals surface area contributed by atoms with Crippen molar-refractivity contribution in [2.75, 3.05) is 12.3 Å². The molecule has 0 saturated heterocycles. The monoisotopic (exact) mass is 420 g/mol. The quantitative estimate of drug-likeness (QED) is 0.560. The molecule has 0 radical (unpaired) electrons. The van der Waals surface area contributed by atoms with Gasteiger partial charge in [-0.15, -0.1) is 0 Å². The van der Waals surface area contributed by atoms with E-state index in [-0.39, 0.29) is 25.2 Å². The van der Waals surface area contributed by atoms with Gasteiger partial charge in [0.1, 0.15) is 24.5 Å². The van der Waals surface area contributed by atoms with E-state index in [9.17, 15) is 0 Å². The topological polar surface area (TPSA) is 132 Å². The first-order chi connectivity index (χ1) is 14.9. The molecule has 1 fully saturated rings. The number of nitriles is 1. The summed E-state index contributed by atoms with van der Waals surface area (Å²) in [7, 11) is 0. The fraction of sp³-hybridized carbons (Fsp3) is 0.478. The molecule has 1 saturated carbocycles. The number of aromatic nitrogens is 2. The molecule has 2 aliphatic rings. The minimum absolute atomic E-state index is 0.159. The van der Waals surface area contributed by atoms with Crippen molar-refractivity contribution in [1.29, 1.82) is 5.26 Å². The van der Waals surface area contributed by atoms with E-state index in [0.717, 1.165) is 53.8 Å². The standard InChI is InChI=1S/C23H28N6O2/c1-23(2)19-20(27-13-28-22(19)26)17-9-8-16(31-15-6-4-14(25)5-7-15)12-18(17)21(23)29-30-11-3-10-24/h8-9,12-15H,3-7,11,25H2,1-2H3,(H2,26,27,28)/b29-21-. The maximum absolute atomic E-state index is 8.80. The van der Waals surface area contributed by atoms with E-state index in [2.05, 4.69) is 21.2 Å². The minimum Gasteiger partial charge on any atom is -0.490 e. The summed E-state index contributed by atoms with van der Waals surface area (Å²) in [5, 5.41) is 13.2. The number of anilines is 1. The van der Waals surface area contributed by atoms with Crippen LogP contribution in [0.25, 0.3) is 11.3 Å². The molecular weight excluding hydrogens is 392 g/mol. The molecule has 1 heterocycles. The average Bonchev–Trinajstić information content (AvgIpc) is 2.74. The number of hydrogen-bond donors (Lipinski definition) is 2. The SMILES string of the molecule is CC1(C)/C(=N\OCCC#N)c2cc(OC3CCC(N)CC3)ccc2-c2ncnc(N)c21. The largest absolute Gasteiger partial charge is 0.490 e. The number of benzene rings is 1. The van der Waals surface area contributed by atoms with Crippen molar-refractivity contribution < 1.29 is 9.57 Å². The molecule has 2 aromatic rings. The van der Waals surface area contributed by atoms with Crippen LogP contribution < -0.4 is 16.2 Å². The lowest BCUT2D eigenvalue weighted by Crippen LogP contribution is -2.36. The highest BCUT2D eigenvalue weighted by Crippen LogP contribution is 2.45. The third kappa shape index (κ3) is 4.06. The van der Waals surface area contributed by atoms with Gasteiger partial charge in [0.05, 0.1) is 30.0 Å². The summed E-state index contributed by atoms with van der Waals surface area (Å²) in [6.07, 6.45) is 5.76. The molecule has 162 valence electrons. The fourth-order valence-corrected chi connectivity index (χ4v) is 4.44. The van der Waals surface area contributed by atoms with Gasteiger partial charge in [-0.05, 0) is 57.7 Å². The lowest BCUT2D eigenvalue weighted by molar-refractivity contribution is 0.146. The second kappa shape index (κ2) is 8.52. The molecule has 8 heteroatoms. The second-order valence-corrected chi connectivity index (χ2v) is 8.65. The predicted molar refractivity (Wildman–Crippen MR) is 118 cm³/mol. The van der Waals surface area contributed by atoms with Crippen LogP contribution in [0.4, 0.5) is 5.82 Å². The van der Waals surface area contributed by atoms with Crippen LogP contribution in [0.15, 0.2) is 29.7 Å². The second-order valence-electron chi connectivity index (χ2n) is 8.65. The van der Waals surface area contributed by atoms with Gasteiger partial charge in [0.15, 0.2) is 0 Å². The zero-order valence-electron chi connectivity index (χ0n) is 18.0. The molecule has 0 amide bonds. The Kier molecular flexibility index (Phi) is 5.79. The Morgan fingerprint density at radius 2 is 1.97 bits per heavy atom. The van der Waals surface area contributed by atoms with Crippen LogP contribution in [0.5, 0.6) is 5.75 Å². The van der Waals surface area contributed by atoms with Crippen LogP contribution in [0.2, 0.25) is 0 Å². The number of ether oxygens (including phenoxy) is 1. The molecule has 1 aromatic heterocycles. The third-order valence-electron chi connectivity index (χ3n) is 6.08. The zero-order chi connectivity index (χ0) is 22.0. The molecular formula is C23H28N6O2. The smallest absolute Gasteiger partial charge is 0.131 e. The van der Waals surface area contributed by atoms with Crippen LogP contribution in [0.3, 0.4) is 0 Å². The maximum atomic E-state index is 8.80. The van der Waals surface area contributed by atoms with Crippen molar-refractivity contribution in [3.8, 4) is 23.1 Å². The maximum Gasteiger partial charge on any atom is 0.131 e. The highest BCUT2D eigenvalue weighted by atomic mass is 16.6. The Morgan fingerprint density at radius 1 is 1.19 bits per heavy atom. The summed E-state index contributed by atoms with van der Waals surface area (Å²) < 4.78 is 6.29. The first-order valence-corrected chi connectivity index (χ1v) is 10.7.